The number of hydrogen-bond acceptors (Lipinski definition) is 4. The highest BCUT2D eigenvalue weighted by Gasteiger charge is 2.21. The number of thioether (sulfide) groups is 1. The summed E-state index contributed by atoms with van der Waals surface area (Å²) in [6, 6.07) is 8.32. The van der Waals surface area contributed by atoms with Crippen molar-refractivity contribution < 1.29 is 4.79 Å². The summed E-state index contributed by atoms with van der Waals surface area (Å²) in [6.45, 7) is 5.72. The monoisotopic (exact) mass is 372 g/mol. The molecule has 1 aliphatic carbocycles. The van der Waals surface area contributed by atoms with Crippen molar-refractivity contribution in [1.29, 1.82) is 0 Å². The summed E-state index contributed by atoms with van der Waals surface area (Å²) in [4.78, 5) is 16.9. The second-order valence-corrected chi connectivity index (χ2v) is 8.93. The second-order valence-electron chi connectivity index (χ2n) is 7.97. The molecular formula is C20H28N4OS. The van der Waals surface area contributed by atoms with Crippen LogP contribution in [0.1, 0.15) is 58.4 Å². The first-order chi connectivity index (χ1) is 12.4. The van der Waals surface area contributed by atoms with E-state index in [1.54, 1.807) is 11.8 Å². The molecular weight excluding hydrogens is 344 g/mol. The molecule has 1 heterocycles. The van der Waals surface area contributed by atoms with Gasteiger partial charge in [0.2, 0.25) is 5.91 Å². The molecule has 140 valence electrons. The fourth-order valence-electron chi connectivity index (χ4n) is 2.97. The van der Waals surface area contributed by atoms with Crippen LogP contribution in [0.15, 0.2) is 34.4 Å². The van der Waals surface area contributed by atoms with Crippen LogP contribution in [0.3, 0.4) is 0 Å². The first kappa shape index (κ1) is 19.0. The van der Waals surface area contributed by atoms with Gasteiger partial charge in [-0.05, 0) is 30.5 Å². The average molecular weight is 373 g/mol. The molecule has 0 saturated heterocycles. The predicted molar refractivity (Wildman–Crippen MR) is 111 cm³/mol. The van der Waals surface area contributed by atoms with Gasteiger partial charge in [-0.3, -0.25) is 15.2 Å². The Hall–Kier alpha value is -1.82. The highest BCUT2D eigenvalue weighted by Crippen LogP contribution is 2.23. The Bertz CT molecular complexity index is 698. The smallest absolute Gasteiger partial charge is 0.229 e. The van der Waals surface area contributed by atoms with Gasteiger partial charge in [0, 0.05) is 16.9 Å². The summed E-state index contributed by atoms with van der Waals surface area (Å²) in [6.07, 6.45) is 6.32. The Kier molecular flexibility index (Phi) is 6.01. The number of anilines is 1. The molecule has 5 nitrogen and oxygen atoms in total. The van der Waals surface area contributed by atoms with Crippen molar-refractivity contribution >= 4 is 34.2 Å². The van der Waals surface area contributed by atoms with Gasteiger partial charge in [0.1, 0.15) is 0 Å². The molecule has 0 unspecified atom stereocenters. The van der Waals surface area contributed by atoms with Gasteiger partial charge >= 0.3 is 0 Å². The van der Waals surface area contributed by atoms with E-state index >= 15 is 0 Å². The predicted octanol–water partition coefficient (Wildman–Crippen LogP) is 4.40. The minimum atomic E-state index is -0.402. The lowest BCUT2D eigenvalue weighted by Crippen LogP contribution is -2.28. The maximum Gasteiger partial charge on any atom is 0.229 e. The molecule has 0 spiro atoms. The van der Waals surface area contributed by atoms with E-state index in [-0.39, 0.29) is 5.91 Å². The number of rotatable bonds is 3. The second kappa shape index (κ2) is 8.25. The van der Waals surface area contributed by atoms with Gasteiger partial charge in [-0.1, -0.05) is 63.9 Å². The quantitative estimate of drug-likeness (QED) is 0.826. The highest BCUT2D eigenvalue weighted by molar-refractivity contribution is 8.14. The summed E-state index contributed by atoms with van der Waals surface area (Å²) in [5.41, 5.74) is 5.59. The van der Waals surface area contributed by atoms with Crippen LogP contribution < -0.4 is 10.7 Å². The molecule has 3 rings (SSSR count). The van der Waals surface area contributed by atoms with Crippen LogP contribution >= 0.6 is 11.8 Å². The number of nitrogens with zero attached hydrogens (tertiary/aromatic N) is 2. The van der Waals surface area contributed by atoms with E-state index < -0.39 is 5.41 Å². The summed E-state index contributed by atoms with van der Waals surface area (Å²) in [5, 5.41) is 8.39. The third-order valence-corrected chi connectivity index (χ3v) is 5.55. The van der Waals surface area contributed by atoms with Gasteiger partial charge in [0.15, 0.2) is 5.17 Å². The van der Waals surface area contributed by atoms with Gasteiger partial charge in [-0.2, -0.15) is 5.10 Å². The number of benzene rings is 1. The fraction of sp³-hybridized carbons (Fsp3) is 0.550. The molecule has 1 fully saturated rings. The highest BCUT2D eigenvalue weighted by atomic mass is 32.2. The number of amides is 1. The van der Waals surface area contributed by atoms with E-state index in [9.17, 15) is 4.79 Å². The van der Waals surface area contributed by atoms with E-state index in [1.807, 2.05) is 45.0 Å². The van der Waals surface area contributed by atoms with Crippen LogP contribution in [0, 0.1) is 5.41 Å². The normalized spacial score (nSPS) is 20.4. The van der Waals surface area contributed by atoms with Crippen molar-refractivity contribution in [3.8, 4) is 0 Å². The molecule has 2 N–H and O–H groups in total. The number of hydrogen-bond donors (Lipinski definition) is 2. The maximum absolute atomic E-state index is 12.1. The zero-order valence-corrected chi connectivity index (χ0v) is 16.7. The number of carbonyl (C=O) groups excluding carboxylic acids is 1. The van der Waals surface area contributed by atoms with Gasteiger partial charge in [-0.15, -0.1) is 0 Å². The molecule has 1 aromatic rings. The lowest BCUT2D eigenvalue weighted by Gasteiger charge is -2.21. The summed E-state index contributed by atoms with van der Waals surface area (Å²) >= 11 is 1.72. The minimum absolute atomic E-state index is 0.0149. The summed E-state index contributed by atoms with van der Waals surface area (Å²) in [5.74, 6) is 0.827. The van der Waals surface area contributed by atoms with Crippen LogP contribution in [0.4, 0.5) is 5.69 Å². The first-order valence-corrected chi connectivity index (χ1v) is 10.4. The zero-order valence-electron chi connectivity index (χ0n) is 15.8. The first-order valence-electron chi connectivity index (χ1n) is 9.37. The lowest BCUT2D eigenvalue weighted by molar-refractivity contribution is -0.123. The van der Waals surface area contributed by atoms with E-state index in [1.165, 1.54) is 32.1 Å². The molecule has 0 bridgehead atoms. The topological polar surface area (TPSA) is 65.8 Å². The lowest BCUT2D eigenvalue weighted by atomic mass is 9.95. The van der Waals surface area contributed by atoms with Gasteiger partial charge in [0.25, 0.3) is 0 Å². The molecule has 1 aliphatic heterocycles. The zero-order chi connectivity index (χ0) is 18.6. The van der Waals surface area contributed by atoms with Crippen molar-refractivity contribution in [3.05, 3.63) is 29.8 Å². The maximum atomic E-state index is 12.1. The molecule has 1 aromatic carbocycles. The minimum Gasteiger partial charge on any atom is -0.326 e. The Balaban J connectivity index is 1.60. The van der Waals surface area contributed by atoms with Crippen molar-refractivity contribution in [2.24, 2.45) is 15.5 Å². The Labute approximate surface area is 160 Å². The molecule has 2 aliphatic rings. The van der Waals surface area contributed by atoms with Crippen molar-refractivity contribution in [3.63, 3.8) is 0 Å². The summed E-state index contributed by atoms with van der Waals surface area (Å²) in [7, 11) is 0. The SMILES string of the molecule is CC(C)(C)C(=O)Nc1ccc(C2=NNC(=NC3CCCCC3)SC2)cc1. The van der Waals surface area contributed by atoms with Crippen LogP contribution in [0.5, 0.6) is 0 Å². The van der Waals surface area contributed by atoms with Crippen LogP contribution in [0.2, 0.25) is 0 Å². The van der Waals surface area contributed by atoms with Crippen molar-refractivity contribution in [2.45, 2.75) is 58.9 Å². The standard InChI is InChI=1S/C20H28N4OS/c1-20(2,3)18(25)21-16-11-9-14(10-12-16)17-13-26-19(24-23-17)22-15-7-5-4-6-8-15/h9-12,15H,4-8,13H2,1-3H3,(H,21,25)(H,22,24). The van der Waals surface area contributed by atoms with Crippen LogP contribution in [0.25, 0.3) is 0 Å². The molecule has 6 heteroatoms. The van der Waals surface area contributed by atoms with Gasteiger partial charge in [-0.25, -0.2) is 0 Å². The molecule has 0 atom stereocenters. The number of hydrazone groups is 1. The number of aliphatic imine (C=N–C) groups is 1. The Morgan fingerprint density at radius 2 is 1.88 bits per heavy atom. The van der Waals surface area contributed by atoms with Crippen molar-refractivity contribution in [1.82, 2.24) is 5.43 Å². The molecule has 0 radical (unpaired) electrons. The molecule has 1 saturated carbocycles. The van der Waals surface area contributed by atoms with E-state index in [0.717, 1.165) is 27.9 Å². The Morgan fingerprint density at radius 3 is 2.46 bits per heavy atom. The average Bonchev–Trinajstić information content (AvgIpc) is 2.63. The summed E-state index contributed by atoms with van der Waals surface area (Å²) < 4.78 is 0. The van der Waals surface area contributed by atoms with Gasteiger partial charge < -0.3 is 5.32 Å². The third kappa shape index (κ3) is 5.10. The number of nitrogens with one attached hydrogen (secondary N) is 2. The largest absolute Gasteiger partial charge is 0.326 e. The molecule has 1 amide bonds. The van der Waals surface area contributed by atoms with Crippen LogP contribution in [-0.4, -0.2) is 28.6 Å². The van der Waals surface area contributed by atoms with Gasteiger partial charge in [0.05, 0.1) is 11.8 Å². The van der Waals surface area contributed by atoms with E-state index in [4.69, 9.17) is 4.99 Å². The third-order valence-electron chi connectivity index (χ3n) is 4.66. The van der Waals surface area contributed by atoms with E-state index in [0.29, 0.717) is 6.04 Å². The number of amidine groups is 1. The molecule has 26 heavy (non-hydrogen) atoms. The number of carbonyl (C=O) groups is 1. The van der Waals surface area contributed by atoms with E-state index in [2.05, 4.69) is 15.8 Å². The van der Waals surface area contributed by atoms with Crippen LogP contribution in [-0.2, 0) is 4.79 Å². The molecule has 0 aromatic heterocycles. The Morgan fingerprint density at radius 1 is 1.19 bits per heavy atom. The fourth-order valence-corrected chi connectivity index (χ4v) is 3.81. The van der Waals surface area contributed by atoms with Crippen molar-refractivity contribution in [2.75, 3.05) is 11.1 Å².